The molecule has 1 heterocycles. The second kappa shape index (κ2) is 12.1. The first-order chi connectivity index (χ1) is 17.4. The van der Waals surface area contributed by atoms with E-state index in [4.69, 9.17) is 9.72 Å². The average Bonchev–Trinajstić information content (AvgIpc) is 3.22. The molecule has 37 heavy (non-hydrogen) atoms. The minimum Gasteiger partial charge on any atom is -0.490 e. The van der Waals surface area contributed by atoms with Crippen LogP contribution in [0.3, 0.4) is 0 Å². The van der Waals surface area contributed by atoms with Crippen LogP contribution in [0.4, 0.5) is 0 Å². The van der Waals surface area contributed by atoms with Crippen molar-refractivity contribution in [3.63, 3.8) is 0 Å². The number of imidazole rings is 1. The Kier molecular flexibility index (Phi) is 9.39. The van der Waals surface area contributed by atoms with Crippen LogP contribution in [0.1, 0.15) is 62.8 Å². The van der Waals surface area contributed by atoms with Crippen molar-refractivity contribution in [2.24, 2.45) is 7.05 Å². The Labute approximate surface area is 233 Å². The van der Waals surface area contributed by atoms with Gasteiger partial charge in [-0.3, -0.25) is 9.59 Å². The van der Waals surface area contributed by atoms with E-state index in [1.165, 1.54) is 0 Å². The fourth-order valence-electron chi connectivity index (χ4n) is 4.16. The maximum Gasteiger partial charge on any atom is 0.251 e. The number of halogens is 1. The van der Waals surface area contributed by atoms with E-state index in [0.717, 1.165) is 32.0 Å². The summed E-state index contributed by atoms with van der Waals surface area (Å²) in [5.41, 5.74) is 3.47. The lowest BCUT2D eigenvalue weighted by Crippen LogP contribution is -2.40. The molecule has 0 radical (unpaired) electrons. The van der Waals surface area contributed by atoms with Crippen LogP contribution < -0.4 is 15.4 Å². The van der Waals surface area contributed by atoms with E-state index >= 15 is 0 Å². The van der Waals surface area contributed by atoms with Crippen molar-refractivity contribution in [2.45, 2.75) is 65.0 Å². The van der Waals surface area contributed by atoms with E-state index in [9.17, 15) is 9.59 Å². The molecule has 2 amide bonds. The van der Waals surface area contributed by atoms with E-state index in [-0.39, 0.29) is 35.8 Å². The summed E-state index contributed by atoms with van der Waals surface area (Å²) >= 11 is 2.17. The summed E-state index contributed by atoms with van der Waals surface area (Å²) < 4.78 is 8.71. The van der Waals surface area contributed by atoms with Crippen LogP contribution in [0.2, 0.25) is 0 Å². The molecule has 2 N–H and O–H groups in total. The number of ether oxygens (including phenoxy) is 1. The number of amides is 2. The van der Waals surface area contributed by atoms with Crippen LogP contribution >= 0.6 is 22.6 Å². The molecule has 3 aromatic rings. The molecule has 0 aliphatic rings. The number of carbonyl (C=O) groups excluding carboxylic acids is 2. The van der Waals surface area contributed by atoms with Crippen LogP contribution in [0.25, 0.3) is 11.3 Å². The zero-order chi connectivity index (χ0) is 27.3. The molecule has 0 aliphatic heterocycles. The second-order valence-electron chi connectivity index (χ2n) is 10.6. The Morgan fingerprint density at radius 3 is 2.32 bits per heavy atom. The highest BCUT2D eigenvalue weighted by Crippen LogP contribution is 2.26. The van der Waals surface area contributed by atoms with Crippen molar-refractivity contribution >= 4 is 34.4 Å². The molecule has 3 rings (SSSR count). The van der Waals surface area contributed by atoms with Gasteiger partial charge in [0, 0.05) is 49.3 Å². The van der Waals surface area contributed by atoms with Crippen molar-refractivity contribution < 1.29 is 14.3 Å². The Balaban J connectivity index is 1.75. The van der Waals surface area contributed by atoms with Crippen LogP contribution in [-0.4, -0.2) is 40.6 Å². The highest BCUT2D eigenvalue weighted by molar-refractivity contribution is 14.1. The number of carbonyl (C=O) groups is 2. The third-order valence-corrected chi connectivity index (χ3v) is 6.72. The molecule has 1 atom stereocenters. The topological polar surface area (TPSA) is 85.3 Å². The normalized spacial score (nSPS) is 12.4. The average molecular weight is 617 g/mol. The maximum absolute atomic E-state index is 13.1. The van der Waals surface area contributed by atoms with Gasteiger partial charge in [0.2, 0.25) is 5.91 Å². The summed E-state index contributed by atoms with van der Waals surface area (Å²) in [6, 6.07) is 13.2. The maximum atomic E-state index is 13.1. The number of hydrogen-bond acceptors (Lipinski definition) is 4. The van der Waals surface area contributed by atoms with E-state index in [2.05, 4.69) is 58.6 Å². The smallest absolute Gasteiger partial charge is 0.251 e. The third kappa shape index (κ3) is 7.80. The van der Waals surface area contributed by atoms with Gasteiger partial charge in [0.1, 0.15) is 11.6 Å². The number of nitrogens with one attached hydrogen (secondary N) is 2. The molecule has 198 valence electrons. The zero-order valence-electron chi connectivity index (χ0n) is 22.7. The summed E-state index contributed by atoms with van der Waals surface area (Å²) in [6.07, 6.45) is 2.81. The van der Waals surface area contributed by atoms with Crippen molar-refractivity contribution in [1.82, 2.24) is 20.2 Å². The van der Waals surface area contributed by atoms with E-state index in [1.54, 1.807) is 19.2 Å². The molecule has 0 bridgehead atoms. The molecule has 0 saturated carbocycles. The lowest BCUT2D eigenvalue weighted by atomic mass is 9.96. The Bertz CT molecular complexity index is 1240. The number of aryl methyl sites for hydroxylation is 1. The van der Waals surface area contributed by atoms with Crippen molar-refractivity contribution in [1.29, 1.82) is 0 Å². The number of benzene rings is 2. The quantitative estimate of drug-likeness (QED) is 0.322. The highest BCUT2D eigenvalue weighted by atomic mass is 127. The molecule has 1 aromatic heterocycles. The summed E-state index contributed by atoms with van der Waals surface area (Å²) in [5, 5.41) is 5.71. The molecule has 0 fully saturated rings. The highest BCUT2D eigenvalue weighted by Gasteiger charge is 2.21. The predicted octanol–water partition coefficient (Wildman–Crippen LogP) is 5.25. The number of rotatable bonds is 9. The molecule has 0 unspecified atom stereocenters. The largest absolute Gasteiger partial charge is 0.490 e. The summed E-state index contributed by atoms with van der Waals surface area (Å²) in [5.74, 6) is 1.43. The summed E-state index contributed by atoms with van der Waals surface area (Å²) in [4.78, 5) is 30.1. The van der Waals surface area contributed by atoms with Gasteiger partial charge in [0.05, 0.1) is 15.4 Å². The van der Waals surface area contributed by atoms with Gasteiger partial charge in [-0.2, -0.15) is 0 Å². The van der Waals surface area contributed by atoms with Crippen molar-refractivity contribution in [2.75, 3.05) is 7.05 Å². The Morgan fingerprint density at radius 2 is 1.78 bits per heavy atom. The van der Waals surface area contributed by atoms with Gasteiger partial charge in [0.15, 0.2) is 0 Å². The van der Waals surface area contributed by atoms with Crippen LogP contribution in [0.5, 0.6) is 5.75 Å². The molecule has 2 aromatic carbocycles. The Morgan fingerprint density at radius 1 is 1.11 bits per heavy atom. The molecule has 0 spiro atoms. The molecular formula is C29H37IN4O3. The fourth-order valence-corrected chi connectivity index (χ4v) is 4.80. The van der Waals surface area contributed by atoms with Gasteiger partial charge in [-0.25, -0.2) is 4.98 Å². The van der Waals surface area contributed by atoms with Gasteiger partial charge < -0.3 is 19.9 Å². The Hall–Kier alpha value is -2.88. The standard InChI is InChI=1S/C29H37IN4O3/c1-18(2)37-25-13-12-21(15-23(25)30)27(36)32-22(16-26(35)31-6)14-19-8-10-20(11-9-19)24-17-34(7)28(33-24)29(3,4)5/h8-13,15,17-18,22H,14,16H2,1-7H3,(H,31,35)(H,32,36)/t22-/m0/s1. The number of nitrogens with zero attached hydrogens (tertiary/aromatic N) is 2. The number of hydrogen-bond donors (Lipinski definition) is 2. The van der Waals surface area contributed by atoms with Gasteiger partial charge in [0.25, 0.3) is 5.91 Å². The molecule has 0 saturated heterocycles. The zero-order valence-corrected chi connectivity index (χ0v) is 24.8. The van der Waals surface area contributed by atoms with Crippen LogP contribution in [0.15, 0.2) is 48.7 Å². The number of aromatic nitrogens is 2. The molecular weight excluding hydrogens is 579 g/mol. The van der Waals surface area contributed by atoms with Gasteiger partial charge >= 0.3 is 0 Å². The monoisotopic (exact) mass is 616 g/mol. The first-order valence-corrected chi connectivity index (χ1v) is 13.6. The van der Waals surface area contributed by atoms with Gasteiger partial charge in [-0.05, 0) is 66.6 Å². The van der Waals surface area contributed by atoms with E-state index in [0.29, 0.717) is 12.0 Å². The second-order valence-corrected chi connectivity index (χ2v) is 11.7. The minimum absolute atomic E-state index is 0.0436. The van der Waals surface area contributed by atoms with Crippen molar-refractivity contribution in [3.05, 3.63) is 69.2 Å². The third-order valence-electron chi connectivity index (χ3n) is 5.88. The summed E-state index contributed by atoms with van der Waals surface area (Å²) in [6.45, 7) is 10.4. The molecule has 7 nitrogen and oxygen atoms in total. The van der Waals surface area contributed by atoms with E-state index < -0.39 is 0 Å². The summed E-state index contributed by atoms with van der Waals surface area (Å²) in [7, 11) is 3.62. The van der Waals surface area contributed by atoms with Gasteiger partial charge in [-0.1, -0.05) is 45.0 Å². The predicted molar refractivity (Wildman–Crippen MR) is 156 cm³/mol. The van der Waals surface area contributed by atoms with Crippen molar-refractivity contribution in [3.8, 4) is 17.0 Å². The van der Waals surface area contributed by atoms with Gasteiger partial charge in [-0.15, -0.1) is 0 Å². The van der Waals surface area contributed by atoms with Crippen LogP contribution in [0, 0.1) is 3.57 Å². The minimum atomic E-state index is -0.357. The van der Waals surface area contributed by atoms with Crippen LogP contribution in [-0.2, 0) is 23.7 Å². The lowest BCUT2D eigenvalue weighted by Gasteiger charge is -2.19. The molecule has 0 aliphatic carbocycles. The first kappa shape index (κ1) is 28.7. The fraction of sp³-hybridized carbons (Fsp3) is 0.414. The first-order valence-electron chi connectivity index (χ1n) is 12.5. The van der Waals surface area contributed by atoms with E-state index in [1.807, 2.05) is 57.4 Å². The lowest BCUT2D eigenvalue weighted by molar-refractivity contribution is -0.121. The molecule has 8 heteroatoms. The SMILES string of the molecule is CNC(=O)C[C@H](Cc1ccc(-c2cn(C)c(C(C)(C)C)n2)cc1)NC(=O)c1ccc(OC(C)C)c(I)c1.